The van der Waals surface area contributed by atoms with Crippen LogP contribution in [-0.4, -0.2) is 4.98 Å². The van der Waals surface area contributed by atoms with Crippen molar-refractivity contribution in [3.8, 4) is 0 Å². The molecule has 0 aliphatic carbocycles. The third-order valence-corrected chi connectivity index (χ3v) is 3.40. The summed E-state index contributed by atoms with van der Waals surface area (Å²) in [6.45, 7) is 0.773. The summed E-state index contributed by atoms with van der Waals surface area (Å²) in [5.41, 5.74) is 9.44. The normalized spacial score (nSPS) is 10.2. The van der Waals surface area contributed by atoms with Crippen molar-refractivity contribution in [1.29, 1.82) is 0 Å². The number of aromatic nitrogens is 1. The van der Waals surface area contributed by atoms with Crippen LogP contribution < -0.4 is 11.1 Å². The van der Waals surface area contributed by atoms with Gasteiger partial charge in [0.25, 0.3) is 0 Å². The number of nitrogens with two attached hydrogens (primary N) is 1. The lowest BCUT2D eigenvalue weighted by atomic mass is 10.2. The molecule has 1 aromatic carbocycles. The largest absolute Gasteiger partial charge is 0.397 e. The van der Waals surface area contributed by atoms with Gasteiger partial charge in [-0.05, 0) is 40.8 Å². The van der Waals surface area contributed by atoms with Crippen molar-refractivity contribution in [3.05, 3.63) is 38.4 Å². The molecule has 0 fully saturated rings. The van der Waals surface area contributed by atoms with E-state index in [9.17, 15) is 0 Å². The summed E-state index contributed by atoms with van der Waals surface area (Å²) < 4.78 is 1.17. The molecule has 2 rings (SSSR count). The Labute approximate surface area is 106 Å². The van der Waals surface area contributed by atoms with Crippen LogP contribution in [0.1, 0.15) is 4.88 Å². The Balaban J connectivity index is 2.07. The number of thiazole rings is 1. The molecule has 0 radical (unpaired) electrons. The van der Waals surface area contributed by atoms with E-state index in [1.54, 1.807) is 11.3 Å². The molecule has 0 unspecified atom stereocenters. The number of halogens is 1. The average Bonchev–Trinajstić information content (AvgIpc) is 2.72. The number of nitrogens with zero attached hydrogens (tertiary/aromatic N) is 1. The summed E-state index contributed by atoms with van der Waals surface area (Å²) in [5.74, 6) is 0. The van der Waals surface area contributed by atoms with Gasteiger partial charge in [-0.15, -0.1) is 11.3 Å². The first-order valence-electron chi connectivity index (χ1n) is 4.42. The Morgan fingerprint density at radius 2 is 2.33 bits per heavy atom. The molecule has 1 heterocycles. The number of nitrogens with one attached hydrogen (secondary N) is 1. The molecule has 0 atom stereocenters. The first kappa shape index (κ1) is 10.7. The highest BCUT2D eigenvalue weighted by atomic mass is 127. The summed E-state index contributed by atoms with van der Waals surface area (Å²) in [4.78, 5) is 5.22. The van der Waals surface area contributed by atoms with E-state index in [0.29, 0.717) is 0 Å². The minimum atomic E-state index is 0.773. The predicted octanol–water partition coefficient (Wildman–Crippen LogP) is 2.94. The van der Waals surface area contributed by atoms with Crippen molar-refractivity contribution in [2.45, 2.75) is 6.54 Å². The minimum absolute atomic E-state index is 0.773. The number of nitrogen functional groups attached to an aromatic ring is 1. The van der Waals surface area contributed by atoms with Gasteiger partial charge in [0.15, 0.2) is 0 Å². The third kappa shape index (κ3) is 2.82. The van der Waals surface area contributed by atoms with E-state index in [0.717, 1.165) is 17.9 Å². The zero-order valence-electron chi connectivity index (χ0n) is 7.90. The van der Waals surface area contributed by atoms with Crippen molar-refractivity contribution < 1.29 is 0 Å². The van der Waals surface area contributed by atoms with E-state index in [1.165, 1.54) is 8.45 Å². The highest BCUT2D eigenvalue weighted by Crippen LogP contribution is 2.22. The summed E-state index contributed by atoms with van der Waals surface area (Å²) in [5, 5.41) is 3.30. The monoisotopic (exact) mass is 331 g/mol. The van der Waals surface area contributed by atoms with Gasteiger partial charge < -0.3 is 11.1 Å². The van der Waals surface area contributed by atoms with Crippen LogP contribution in [0.5, 0.6) is 0 Å². The molecule has 0 aliphatic rings. The van der Waals surface area contributed by atoms with E-state index in [-0.39, 0.29) is 0 Å². The van der Waals surface area contributed by atoms with Crippen LogP contribution in [-0.2, 0) is 6.54 Å². The molecule has 0 aliphatic heterocycles. The molecule has 3 N–H and O–H groups in total. The Hall–Kier alpha value is -0.820. The van der Waals surface area contributed by atoms with Crippen molar-refractivity contribution in [2.75, 3.05) is 11.1 Å². The topological polar surface area (TPSA) is 50.9 Å². The van der Waals surface area contributed by atoms with Crippen LogP contribution in [0.2, 0.25) is 0 Å². The van der Waals surface area contributed by atoms with Gasteiger partial charge in [-0.2, -0.15) is 0 Å². The lowest BCUT2D eigenvalue weighted by molar-refractivity contribution is 1.17. The third-order valence-electron chi connectivity index (χ3n) is 1.95. The van der Waals surface area contributed by atoms with Gasteiger partial charge in [-0.3, -0.25) is 4.98 Å². The van der Waals surface area contributed by atoms with Gasteiger partial charge in [0.2, 0.25) is 0 Å². The van der Waals surface area contributed by atoms with Crippen LogP contribution in [0.15, 0.2) is 29.9 Å². The standard InChI is InChI=1S/C10H10IN3S/c11-7-1-2-9(12)10(3-7)14-5-8-4-13-6-15-8/h1-4,6,14H,5,12H2. The fraction of sp³-hybridized carbons (Fsp3) is 0.100. The SMILES string of the molecule is Nc1ccc(I)cc1NCc1cncs1. The minimum Gasteiger partial charge on any atom is -0.397 e. The van der Waals surface area contributed by atoms with Crippen LogP contribution >= 0.6 is 33.9 Å². The van der Waals surface area contributed by atoms with Crippen LogP contribution in [0.3, 0.4) is 0 Å². The van der Waals surface area contributed by atoms with E-state index in [2.05, 4.69) is 32.9 Å². The summed E-state index contributed by atoms with van der Waals surface area (Å²) >= 11 is 3.91. The van der Waals surface area contributed by atoms with E-state index in [4.69, 9.17) is 5.73 Å². The van der Waals surface area contributed by atoms with Crippen molar-refractivity contribution in [3.63, 3.8) is 0 Å². The number of rotatable bonds is 3. The van der Waals surface area contributed by atoms with Gasteiger partial charge in [0.1, 0.15) is 0 Å². The van der Waals surface area contributed by atoms with E-state index >= 15 is 0 Å². The Morgan fingerprint density at radius 1 is 1.47 bits per heavy atom. The highest BCUT2D eigenvalue weighted by Gasteiger charge is 2.00. The smallest absolute Gasteiger partial charge is 0.0794 e. The molecule has 0 amide bonds. The van der Waals surface area contributed by atoms with Gasteiger partial charge in [-0.1, -0.05) is 0 Å². The van der Waals surface area contributed by atoms with Gasteiger partial charge >= 0.3 is 0 Å². The van der Waals surface area contributed by atoms with E-state index in [1.807, 2.05) is 29.9 Å². The second-order valence-corrected chi connectivity index (χ2v) is 5.27. The van der Waals surface area contributed by atoms with Gasteiger partial charge in [0, 0.05) is 14.6 Å². The van der Waals surface area contributed by atoms with Crippen LogP contribution in [0.4, 0.5) is 11.4 Å². The van der Waals surface area contributed by atoms with Gasteiger partial charge in [0.05, 0.1) is 23.4 Å². The van der Waals surface area contributed by atoms with Crippen molar-refractivity contribution >= 4 is 45.3 Å². The molecular weight excluding hydrogens is 321 g/mol. The lowest BCUT2D eigenvalue weighted by Gasteiger charge is -2.08. The highest BCUT2D eigenvalue weighted by molar-refractivity contribution is 14.1. The summed E-state index contributed by atoms with van der Waals surface area (Å²) in [6, 6.07) is 5.95. The number of benzene rings is 1. The zero-order valence-corrected chi connectivity index (χ0v) is 10.9. The zero-order chi connectivity index (χ0) is 10.7. The molecule has 3 nitrogen and oxygen atoms in total. The summed E-state index contributed by atoms with van der Waals surface area (Å²) in [6.07, 6.45) is 1.86. The Kier molecular flexibility index (Phi) is 3.42. The molecule has 78 valence electrons. The predicted molar refractivity (Wildman–Crippen MR) is 73.0 cm³/mol. The molecule has 0 saturated heterocycles. The molecule has 2 aromatic rings. The molecule has 15 heavy (non-hydrogen) atoms. The lowest BCUT2D eigenvalue weighted by Crippen LogP contribution is -2.01. The maximum absolute atomic E-state index is 5.85. The molecule has 1 aromatic heterocycles. The second kappa shape index (κ2) is 4.80. The molecular formula is C10H10IN3S. The van der Waals surface area contributed by atoms with Crippen molar-refractivity contribution in [1.82, 2.24) is 4.98 Å². The maximum Gasteiger partial charge on any atom is 0.0794 e. The van der Waals surface area contributed by atoms with Crippen LogP contribution in [0, 0.1) is 3.57 Å². The summed E-state index contributed by atoms with van der Waals surface area (Å²) in [7, 11) is 0. The number of anilines is 2. The van der Waals surface area contributed by atoms with Gasteiger partial charge in [-0.25, -0.2) is 0 Å². The first-order valence-corrected chi connectivity index (χ1v) is 6.38. The quantitative estimate of drug-likeness (QED) is 0.672. The number of hydrogen-bond acceptors (Lipinski definition) is 4. The Morgan fingerprint density at radius 3 is 3.07 bits per heavy atom. The molecule has 5 heteroatoms. The molecule has 0 bridgehead atoms. The average molecular weight is 331 g/mol. The fourth-order valence-corrected chi connectivity index (χ4v) is 2.22. The molecule has 0 spiro atoms. The second-order valence-electron chi connectivity index (χ2n) is 3.05. The Bertz CT molecular complexity index is 442. The van der Waals surface area contributed by atoms with E-state index < -0.39 is 0 Å². The molecule has 0 saturated carbocycles. The first-order chi connectivity index (χ1) is 7.25. The maximum atomic E-state index is 5.85. The number of hydrogen-bond donors (Lipinski definition) is 2. The van der Waals surface area contributed by atoms with Crippen LogP contribution in [0.25, 0.3) is 0 Å². The fourth-order valence-electron chi connectivity index (χ4n) is 1.19. The van der Waals surface area contributed by atoms with Crippen molar-refractivity contribution in [2.24, 2.45) is 0 Å².